The molecular weight excluding hydrogens is 183 g/mol. The number of benzene rings is 1. The van der Waals surface area contributed by atoms with E-state index >= 15 is 0 Å². The van der Waals surface area contributed by atoms with Gasteiger partial charge in [0.1, 0.15) is 5.82 Å². The summed E-state index contributed by atoms with van der Waals surface area (Å²) >= 11 is 0. The van der Waals surface area contributed by atoms with E-state index in [1.807, 2.05) is 0 Å². The van der Waals surface area contributed by atoms with Gasteiger partial charge in [-0.05, 0) is 24.6 Å². The predicted molar refractivity (Wildman–Crippen MR) is 51.9 cm³/mol. The van der Waals surface area contributed by atoms with Gasteiger partial charge in [0.2, 0.25) is 5.91 Å². The van der Waals surface area contributed by atoms with Crippen LogP contribution in [0, 0.1) is 5.82 Å². The fourth-order valence-electron chi connectivity index (χ4n) is 0.952. The van der Waals surface area contributed by atoms with Crippen molar-refractivity contribution in [2.75, 3.05) is 0 Å². The molecule has 1 unspecified atom stereocenters. The zero-order valence-corrected chi connectivity index (χ0v) is 7.96. The highest BCUT2D eigenvalue weighted by Gasteiger charge is 2.05. The van der Waals surface area contributed by atoms with Crippen molar-refractivity contribution in [2.24, 2.45) is 5.73 Å². The first-order valence-electron chi connectivity index (χ1n) is 4.37. The van der Waals surface area contributed by atoms with Gasteiger partial charge in [-0.25, -0.2) is 4.39 Å². The second kappa shape index (κ2) is 4.72. The zero-order chi connectivity index (χ0) is 10.6. The molecule has 0 aliphatic carbocycles. The molecule has 4 heteroatoms. The molecule has 0 spiro atoms. The first-order valence-corrected chi connectivity index (χ1v) is 4.37. The molecule has 0 aliphatic rings. The van der Waals surface area contributed by atoms with Crippen molar-refractivity contribution >= 4 is 5.91 Å². The zero-order valence-electron chi connectivity index (χ0n) is 7.96. The monoisotopic (exact) mass is 196 g/mol. The average Bonchev–Trinajstić information content (AvgIpc) is 2.16. The predicted octanol–water partition coefficient (Wildman–Crippen LogP) is 0.789. The van der Waals surface area contributed by atoms with Crippen molar-refractivity contribution in [1.82, 2.24) is 5.32 Å². The Morgan fingerprint density at radius 1 is 1.50 bits per heavy atom. The third kappa shape index (κ3) is 3.14. The summed E-state index contributed by atoms with van der Waals surface area (Å²) in [6.07, 6.45) is 0. The van der Waals surface area contributed by atoms with E-state index in [4.69, 9.17) is 5.73 Å². The SMILES string of the molecule is CC(N)C(=O)NCc1ccc(F)cc1. The van der Waals surface area contributed by atoms with E-state index in [9.17, 15) is 9.18 Å². The molecule has 0 heterocycles. The molecule has 76 valence electrons. The summed E-state index contributed by atoms with van der Waals surface area (Å²) in [5.41, 5.74) is 6.20. The molecule has 14 heavy (non-hydrogen) atoms. The molecule has 1 atom stereocenters. The van der Waals surface area contributed by atoms with E-state index in [1.165, 1.54) is 12.1 Å². The maximum atomic E-state index is 12.5. The highest BCUT2D eigenvalue weighted by Crippen LogP contribution is 2.01. The molecule has 0 saturated heterocycles. The van der Waals surface area contributed by atoms with Crippen LogP contribution in [-0.2, 0) is 11.3 Å². The van der Waals surface area contributed by atoms with Gasteiger partial charge in [-0.1, -0.05) is 12.1 Å². The minimum Gasteiger partial charge on any atom is -0.351 e. The lowest BCUT2D eigenvalue weighted by atomic mass is 10.2. The fraction of sp³-hybridized carbons (Fsp3) is 0.300. The van der Waals surface area contributed by atoms with Crippen LogP contribution in [0.25, 0.3) is 0 Å². The molecule has 1 rings (SSSR count). The quantitative estimate of drug-likeness (QED) is 0.751. The summed E-state index contributed by atoms with van der Waals surface area (Å²) in [7, 11) is 0. The van der Waals surface area contributed by atoms with Crippen LogP contribution in [0.15, 0.2) is 24.3 Å². The van der Waals surface area contributed by atoms with Gasteiger partial charge in [0.15, 0.2) is 0 Å². The highest BCUT2D eigenvalue weighted by atomic mass is 19.1. The molecule has 0 radical (unpaired) electrons. The Bertz CT molecular complexity index is 308. The smallest absolute Gasteiger partial charge is 0.236 e. The Balaban J connectivity index is 2.46. The maximum Gasteiger partial charge on any atom is 0.236 e. The van der Waals surface area contributed by atoms with Gasteiger partial charge in [0.25, 0.3) is 0 Å². The molecule has 0 aliphatic heterocycles. The standard InChI is InChI=1S/C10H13FN2O/c1-7(12)10(14)13-6-8-2-4-9(11)5-3-8/h2-5,7H,6,12H2,1H3,(H,13,14). The van der Waals surface area contributed by atoms with Crippen LogP contribution in [-0.4, -0.2) is 11.9 Å². The Morgan fingerprint density at radius 2 is 2.07 bits per heavy atom. The van der Waals surface area contributed by atoms with E-state index in [0.717, 1.165) is 5.56 Å². The fourth-order valence-corrected chi connectivity index (χ4v) is 0.952. The maximum absolute atomic E-state index is 12.5. The Hall–Kier alpha value is -1.42. The van der Waals surface area contributed by atoms with Gasteiger partial charge in [-0.15, -0.1) is 0 Å². The minimum atomic E-state index is -0.518. The summed E-state index contributed by atoms with van der Waals surface area (Å²) in [4.78, 5) is 11.1. The first-order chi connectivity index (χ1) is 6.59. The van der Waals surface area contributed by atoms with Crippen molar-refractivity contribution < 1.29 is 9.18 Å². The number of nitrogens with two attached hydrogens (primary N) is 1. The van der Waals surface area contributed by atoms with Gasteiger partial charge >= 0.3 is 0 Å². The number of halogens is 1. The van der Waals surface area contributed by atoms with Gasteiger partial charge in [0.05, 0.1) is 6.04 Å². The van der Waals surface area contributed by atoms with Gasteiger partial charge < -0.3 is 11.1 Å². The second-order valence-electron chi connectivity index (χ2n) is 3.13. The molecular formula is C10H13FN2O. The third-order valence-corrected chi connectivity index (χ3v) is 1.79. The van der Waals surface area contributed by atoms with Gasteiger partial charge in [0, 0.05) is 6.54 Å². The van der Waals surface area contributed by atoms with Crippen LogP contribution in [0.4, 0.5) is 4.39 Å². The molecule has 1 aromatic carbocycles. The van der Waals surface area contributed by atoms with Crippen molar-refractivity contribution in [3.63, 3.8) is 0 Å². The number of rotatable bonds is 3. The van der Waals surface area contributed by atoms with Crippen LogP contribution in [0.3, 0.4) is 0 Å². The van der Waals surface area contributed by atoms with E-state index in [0.29, 0.717) is 6.54 Å². The highest BCUT2D eigenvalue weighted by molar-refractivity contribution is 5.80. The molecule has 0 bridgehead atoms. The van der Waals surface area contributed by atoms with Crippen molar-refractivity contribution in [2.45, 2.75) is 19.5 Å². The lowest BCUT2D eigenvalue weighted by Gasteiger charge is -2.07. The summed E-state index contributed by atoms with van der Waals surface area (Å²) in [5, 5.41) is 2.63. The normalized spacial score (nSPS) is 12.2. The summed E-state index contributed by atoms with van der Waals surface area (Å²) in [6.45, 7) is 1.99. The number of hydrogen-bond acceptors (Lipinski definition) is 2. The molecule has 1 amide bonds. The van der Waals surface area contributed by atoms with Crippen molar-refractivity contribution in [3.05, 3.63) is 35.6 Å². The number of amides is 1. The molecule has 0 saturated carbocycles. The van der Waals surface area contributed by atoms with Crippen LogP contribution in [0.5, 0.6) is 0 Å². The lowest BCUT2D eigenvalue weighted by Crippen LogP contribution is -2.37. The molecule has 0 aromatic heterocycles. The average molecular weight is 196 g/mol. The summed E-state index contributed by atoms with van der Waals surface area (Å²) in [5.74, 6) is -0.499. The Kier molecular flexibility index (Phi) is 3.59. The van der Waals surface area contributed by atoms with Gasteiger partial charge in [-0.2, -0.15) is 0 Å². The van der Waals surface area contributed by atoms with Crippen molar-refractivity contribution in [3.8, 4) is 0 Å². The van der Waals surface area contributed by atoms with Crippen LogP contribution < -0.4 is 11.1 Å². The van der Waals surface area contributed by atoms with Crippen LogP contribution in [0.1, 0.15) is 12.5 Å². The molecule has 3 nitrogen and oxygen atoms in total. The Labute approximate surface area is 82.1 Å². The number of hydrogen-bond donors (Lipinski definition) is 2. The van der Waals surface area contributed by atoms with E-state index in [-0.39, 0.29) is 11.7 Å². The largest absolute Gasteiger partial charge is 0.351 e. The molecule has 1 aromatic rings. The molecule has 0 fully saturated rings. The second-order valence-corrected chi connectivity index (χ2v) is 3.13. The summed E-state index contributed by atoms with van der Waals surface area (Å²) < 4.78 is 12.5. The molecule has 3 N–H and O–H groups in total. The van der Waals surface area contributed by atoms with E-state index in [1.54, 1.807) is 19.1 Å². The number of carbonyl (C=O) groups excluding carboxylic acids is 1. The van der Waals surface area contributed by atoms with E-state index < -0.39 is 6.04 Å². The first kappa shape index (κ1) is 10.7. The lowest BCUT2D eigenvalue weighted by molar-refractivity contribution is -0.122. The van der Waals surface area contributed by atoms with Gasteiger partial charge in [-0.3, -0.25) is 4.79 Å². The summed E-state index contributed by atoms with van der Waals surface area (Å²) in [6, 6.07) is 5.43. The topological polar surface area (TPSA) is 55.1 Å². The van der Waals surface area contributed by atoms with E-state index in [2.05, 4.69) is 5.32 Å². The van der Waals surface area contributed by atoms with Crippen LogP contribution in [0.2, 0.25) is 0 Å². The Morgan fingerprint density at radius 3 is 2.57 bits per heavy atom. The number of nitrogens with one attached hydrogen (secondary N) is 1. The van der Waals surface area contributed by atoms with Crippen molar-refractivity contribution in [1.29, 1.82) is 0 Å². The minimum absolute atomic E-state index is 0.214. The third-order valence-electron chi connectivity index (χ3n) is 1.79. The van der Waals surface area contributed by atoms with Crippen LogP contribution >= 0.6 is 0 Å². The number of carbonyl (C=O) groups is 1.